The lowest BCUT2D eigenvalue weighted by molar-refractivity contribution is 0.0921. The van der Waals surface area contributed by atoms with E-state index in [4.69, 9.17) is 9.47 Å². The largest absolute Gasteiger partial charge is 0.485 e. The molecule has 0 amide bonds. The predicted molar refractivity (Wildman–Crippen MR) is 124 cm³/mol. The van der Waals surface area contributed by atoms with Crippen LogP contribution in [0.2, 0.25) is 0 Å². The van der Waals surface area contributed by atoms with Gasteiger partial charge in [0.05, 0.1) is 5.56 Å². The highest BCUT2D eigenvalue weighted by atomic mass is 79.9. The number of fused-ring (bicyclic) bond motifs is 1. The average Bonchev–Trinajstić information content (AvgIpc) is 3.07. The van der Waals surface area contributed by atoms with Gasteiger partial charge in [-0.1, -0.05) is 66.2 Å². The first-order valence-corrected chi connectivity index (χ1v) is 10.8. The molecule has 1 aliphatic heterocycles. The molecule has 1 heterocycles. The highest BCUT2D eigenvalue weighted by Gasteiger charge is 2.27. The minimum atomic E-state index is -0.166. The first-order chi connectivity index (χ1) is 14.9. The molecular weight excluding hydrogens is 456 g/mol. The zero-order valence-electron chi connectivity index (χ0n) is 17.2. The summed E-state index contributed by atoms with van der Waals surface area (Å²) in [5.41, 5.74) is 3.20. The van der Waals surface area contributed by atoms with Gasteiger partial charge in [-0.15, -0.1) is 0 Å². The van der Waals surface area contributed by atoms with Gasteiger partial charge in [-0.25, -0.2) is 0 Å². The Hall–Kier alpha value is -3.18. The van der Waals surface area contributed by atoms with Gasteiger partial charge in [0.15, 0.2) is 18.1 Å². The van der Waals surface area contributed by atoms with E-state index >= 15 is 0 Å². The lowest BCUT2D eigenvalue weighted by atomic mass is 10.0. The van der Waals surface area contributed by atoms with E-state index < -0.39 is 0 Å². The van der Waals surface area contributed by atoms with Gasteiger partial charge in [0.1, 0.15) is 11.5 Å². The zero-order valence-corrected chi connectivity index (χ0v) is 18.8. The second kappa shape index (κ2) is 8.90. The average molecular weight is 477 g/mol. The van der Waals surface area contributed by atoms with E-state index in [9.17, 15) is 9.59 Å². The second-order valence-corrected chi connectivity index (χ2v) is 8.55. The molecule has 0 saturated heterocycles. The van der Waals surface area contributed by atoms with Crippen LogP contribution in [-0.4, -0.2) is 18.2 Å². The van der Waals surface area contributed by atoms with Crippen molar-refractivity contribution >= 4 is 33.6 Å². The van der Waals surface area contributed by atoms with Crippen molar-refractivity contribution in [2.24, 2.45) is 0 Å². The second-order valence-electron chi connectivity index (χ2n) is 7.64. The molecule has 156 valence electrons. The number of halogens is 1. The Labute approximate surface area is 189 Å². The Morgan fingerprint density at radius 3 is 2.42 bits per heavy atom. The van der Waals surface area contributed by atoms with Gasteiger partial charge in [-0.3, -0.25) is 9.59 Å². The third-order valence-corrected chi connectivity index (χ3v) is 5.61. The fourth-order valence-corrected chi connectivity index (χ4v) is 3.52. The fraction of sp³-hybridized carbons (Fsp3) is 0.154. The highest BCUT2D eigenvalue weighted by molar-refractivity contribution is 9.10. The lowest BCUT2D eigenvalue weighted by Crippen LogP contribution is -2.11. The van der Waals surface area contributed by atoms with E-state index in [1.165, 1.54) is 5.56 Å². The quantitative estimate of drug-likeness (QED) is 0.303. The minimum Gasteiger partial charge on any atom is -0.485 e. The van der Waals surface area contributed by atoms with Crippen LogP contribution < -0.4 is 9.47 Å². The van der Waals surface area contributed by atoms with E-state index in [0.29, 0.717) is 28.5 Å². The van der Waals surface area contributed by atoms with Crippen molar-refractivity contribution in [2.45, 2.75) is 19.8 Å². The SMILES string of the molecule is CC(C)c1ccc(C=C2Oc3cc(OCC(=O)c4ccc(Br)cc4)ccc3C2=O)cc1. The van der Waals surface area contributed by atoms with Crippen LogP contribution in [0.5, 0.6) is 11.5 Å². The number of hydrogen-bond donors (Lipinski definition) is 0. The molecule has 0 radical (unpaired) electrons. The smallest absolute Gasteiger partial charge is 0.231 e. The minimum absolute atomic E-state index is 0.0980. The van der Waals surface area contributed by atoms with Crippen LogP contribution in [0, 0.1) is 0 Å². The molecule has 5 heteroatoms. The molecule has 31 heavy (non-hydrogen) atoms. The van der Waals surface area contributed by atoms with Crippen molar-refractivity contribution in [1.82, 2.24) is 0 Å². The number of benzene rings is 3. The third-order valence-electron chi connectivity index (χ3n) is 5.08. The Balaban J connectivity index is 1.45. The van der Waals surface area contributed by atoms with E-state index in [0.717, 1.165) is 10.0 Å². The summed E-state index contributed by atoms with van der Waals surface area (Å²) in [6.07, 6.45) is 1.74. The zero-order chi connectivity index (χ0) is 22.0. The number of ketones is 2. The van der Waals surface area contributed by atoms with Gasteiger partial charge in [0, 0.05) is 16.1 Å². The summed E-state index contributed by atoms with van der Waals surface area (Å²) in [4.78, 5) is 25.0. The van der Waals surface area contributed by atoms with Crippen molar-refractivity contribution < 1.29 is 19.1 Å². The van der Waals surface area contributed by atoms with E-state index in [1.54, 1.807) is 36.4 Å². The number of allylic oxidation sites excluding steroid dienone is 1. The van der Waals surface area contributed by atoms with Crippen molar-refractivity contribution in [1.29, 1.82) is 0 Å². The van der Waals surface area contributed by atoms with Gasteiger partial charge in [0.25, 0.3) is 0 Å². The normalized spacial score (nSPS) is 13.9. The summed E-state index contributed by atoms with van der Waals surface area (Å²) in [6.45, 7) is 4.18. The van der Waals surface area contributed by atoms with E-state index in [2.05, 4.69) is 41.9 Å². The maximum Gasteiger partial charge on any atom is 0.231 e. The number of hydrogen-bond acceptors (Lipinski definition) is 4. The molecule has 4 nitrogen and oxygen atoms in total. The van der Waals surface area contributed by atoms with E-state index in [1.807, 2.05) is 24.3 Å². The summed E-state index contributed by atoms with van der Waals surface area (Å²) in [5.74, 6) is 1.33. The molecule has 3 aromatic rings. The first kappa shape index (κ1) is 21.1. The van der Waals surface area contributed by atoms with Crippen molar-refractivity contribution in [3.05, 3.63) is 99.2 Å². The summed E-state index contributed by atoms with van der Waals surface area (Å²) in [7, 11) is 0. The molecule has 0 aliphatic carbocycles. The molecule has 3 aromatic carbocycles. The van der Waals surface area contributed by atoms with Gasteiger partial charge < -0.3 is 9.47 Å². The topological polar surface area (TPSA) is 52.6 Å². The fourth-order valence-electron chi connectivity index (χ4n) is 3.25. The van der Waals surface area contributed by atoms with Crippen LogP contribution in [0.25, 0.3) is 6.08 Å². The maximum atomic E-state index is 12.7. The van der Waals surface area contributed by atoms with Crippen LogP contribution in [0.3, 0.4) is 0 Å². The molecule has 0 bridgehead atoms. The third kappa shape index (κ3) is 4.78. The Morgan fingerprint density at radius 1 is 1.03 bits per heavy atom. The monoisotopic (exact) mass is 476 g/mol. The molecule has 4 rings (SSSR count). The summed E-state index contributed by atoms with van der Waals surface area (Å²) in [6, 6.07) is 20.2. The molecule has 0 atom stereocenters. The number of carbonyl (C=O) groups is 2. The van der Waals surface area contributed by atoms with Gasteiger partial charge >= 0.3 is 0 Å². The predicted octanol–water partition coefficient (Wildman–Crippen LogP) is 6.45. The van der Waals surface area contributed by atoms with Gasteiger partial charge in [-0.05, 0) is 47.4 Å². The lowest BCUT2D eigenvalue weighted by Gasteiger charge is -2.07. The molecule has 1 aliphatic rings. The summed E-state index contributed by atoms with van der Waals surface area (Å²) < 4.78 is 12.3. The molecule has 0 saturated carbocycles. The number of Topliss-reactive ketones (excluding diaryl/α,β-unsaturated/α-hetero) is 2. The number of rotatable bonds is 6. The Morgan fingerprint density at radius 2 is 1.74 bits per heavy atom. The summed E-state index contributed by atoms with van der Waals surface area (Å²) >= 11 is 3.35. The van der Waals surface area contributed by atoms with Crippen LogP contribution in [0.15, 0.2) is 77.0 Å². The summed E-state index contributed by atoms with van der Waals surface area (Å²) in [5, 5.41) is 0. The Bertz CT molecular complexity index is 1160. The first-order valence-electron chi connectivity index (χ1n) is 10.0. The number of carbonyl (C=O) groups excluding carboxylic acids is 2. The molecule has 0 aromatic heterocycles. The molecule has 0 fully saturated rings. The van der Waals surface area contributed by atoms with Crippen LogP contribution >= 0.6 is 15.9 Å². The molecule has 0 N–H and O–H groups in total. The van der Waals surface area contributed by atoms with Gasteiger partial charge in [-0.2, -0.15) is 0 Å². The molecular formula is C26H21BrO4. The molecule has 0 spiro atoms. The molecule has 0 unspecified atom stereocenters. The van der Waals surface area contributed by atoms with Crippen LogP contribution in [0.1, 0.15) is 51.6 Å². The van der Waals surface area contributed by atoms with Gasteiger partial charge in [0.2, 0.25) is 5.78 Å². The number of ether oxygens (including phenoxy) is 2. The highest BCUT2D eigenvalue weighted by Crippen LogP contribution is 2.35. The van der Waals surface area contributed by atoms with Crippen molar-refractivity contribution in [3.8, 4) is 11.5 Å². The van der Waals surface area contributed by atoms with Crippen LogP contribution in [0.4, 0.5) is 0 Å². The standard InChI is InChI=1S/C26H21BrO4/c1-16(2)18-5-3-17(4-6-18)13-25-26(29)22-12-11-21(14-24(22)31-25)30-15-23(28)19-7-9-20(27)10-8-19/h3-14,16H,15H2,1-2H3. The van der Waals surface area contributed by atoms with Crippen molar-refractivity contribution in [3.63, 3.8) is 0 Å². The maximum absolute atomic E-state index is 12.7. The van der Waals surface area contributed by atoms with E-state index in [-0.39, 0.29) is 23.9 Å². The van der Waals surface area contributed by atoms with Crippen LogP contribution in [-0.2, 0) is 0 Å². The van der Waals surface area contributed by atoms with Crippen molar-refractivity contribution in [2.75, 3.05) is 6.61 Å². The Kier molecular flexibility index (Phi) is 6.05.